The summed E-state index contributed by atoms with van der Waals surface area (Å²) in [6.45, 7) is 10.3. The van der Waals surface area contributed by atoms with E-state index < -0.39 is 0 Å². The fourth-order valence-electron chi connectivity index (χ4n) is 1.50. The largest absolute Gasteiger partial charge is 0.381 e. The van der Waals surface area contributed by atoms with Crippen molar-refractivity contribution < 1.29 is 4.74 Å². The Morgan fingerprint density at radius 3 is 2.33 bits per heavy atom. The van der Waals surface area contributed by atoms with Gasteiger partial charge in [-0.05, 0) is 18.8 Å². The van der Waals surface area contributed by atoms with Gasteiger partial charge in [0, 0.05) is 13.2 Å². The van der Waals surface area contributed by atoms with Gasteiger partial charge in [-0.1, -0.05) is 59.3 Å². The molecule has 1 radical (unpaired) electrons. The molecule has 0 fully saturated rings. The summed E-state index contributed by atoms with van der Waals surface area (Å²) >= 11 is 0. The first-order valence-electron chi connectivity index (χ1n) is 6.68. The molecule has 0 rings (SSSR count). The Labute approximate surface area is 96.6 Å². The highest BCUT2D eigenvalue weighted by atomic mass is 16.5. The van der Waals surface area contributed by atoms with Gasteiger partial charge in [0.05, 0.1) is 0 Å². The van der Waals surface area contributed by atoms with Crippen LogP contribution >= 0.6 is 0 Å². The van der Waals surface area contributed by atoms with Gasteiger partial charge in [-0.2, -0.15) is 0 Å². The summed E-state index contributed by atoms with van der Waals surface area (Å²) in [7, 11) is 0. The van der Waals surface area contributed by atoms with Crippen molar-refractivity contribution in [1.29, 1.82) is 0 Å². The Morgan fingerprint density at radius 2 is 1.67 bits per heavy atom. The molecular formula is C14H29O. The monoisotopic (exact) mass is 213 g/mol. The van der Waals surface area contributed by atoms with Gasteiger partial charge in [-0.3, -0.25) is 0 Å². The zero-order valence-electron chi connectivity index (χ0n) is 10.8. The van der Waals surface area contributed by atoms with Crippen molar-refractivity contribution in [2.45, 2.75) is 65.2 Å². The van der Waals surface area contributed by atoms with E-state index in [0.29, 0.717) is 0 Å². The third-order valence-electron chi connectivity index (χ3n) is 2.99. The van der Waals surface area contributed by atoms with Gasteiger partial charge in [0.1, 0.15) is 0 Å². The molecule has 91 valence electrons. The fraction of sp³-hybridized carbons (Fsp3) is 0.929. The third kappa shape index (κ3) is 11.9. The average molecular weight is 213 g/mol. The molecule has 1 atom stereocenters. The standard InChI is InChI=1S/C14H29O/c1-4-6-7-8-9-10-12-15-13-11-14(3)5-2/h14H,1,4-13H2,2-3H3. The minimum atomic E-state index is 0.821. The molecule has 1 heteroatoms. The number of hydrogen-bond donors (Lipinski definition) is 0. The van der Waals surface area contributed by atoms with Crippen LogP contribution in [-0.2, 0) is 4.74 Å². The summed E-state index contributed by atoms with van der Waals surface area (Å²) in [4.78, 5) is 0. The lowest BCUT2D eigenvalue weighted by molar-refractivity contribution is 0.117. The molecule has 0 aliphatic rings. The molecule has 0 aromatic rings. The van der Waals surface area contributed by atoms with E-state index in [0.717, 1.165) is 25.6 Å². The minimum Gasteiger partial charge on any atom is -0.381 e. The Balaban J connectivity index is 2.92. The maximum atomic E-state index is 5.60. The molecule has 0 amide bonds. The Bertz CT molecular complexity index is 112. The van der Waals surface area contributed by atoms with Gasteiger partial charge in [0.15, 0.2) is 0 Å². The molecule has 0 saturated heterocycles. The highest BCUT2D eigenvalue weighted by molar-refractivity contribution is 4.49. The van der Waals surface area contributed by atoms with E-state index in [1.165, 1.54) is 44.9 Å². The highest BCUT2D eigenvalue weighted by Gasteiger charge is 1.97. The molecule has 0 bridgehead atoms. The topological polar surface area (TPSA) is 9.23 Å². The molecule has 15 heavy (non-hydrogen) atoms. The lowest BCUT2D eigenvalue weighted by atomic mass is 10.1. The maximum absolute atomic E-state index is 5.60. The Kier molecular flexibility index (Phi) is 12.0. The quantitative estimate of drug-likeness (QED) is 0.455. The van der Waals surface area contributed by atoms with Crippen molar-refractivity contribution in [1.82, 2.24) is 0 Å². The second kappa shape index (κ2) is 12.0. The van der Waals surface area contributed by atoms with Crippen LogP contribution in [0.5, 0.6) is 0 Å². The first kappa shape index (κ1) is 15.0. The number of rotatable bonds is 11. The van der Waals surface area contributed by atoms with Gasteiger partial charge in [-0.15, -0.1) is 0 Å². The second-order valence-electron chi connectivity index (χ2n) is 4.54. The summed E-state index contributed by atoms with van der Waals surface area (Å²) < 4.78 is 5.60. The molecule has 0 spiro atoms. The second-order valence-corrected chi connectivity index (χ2v) is 4.54. The summed E-state index contributed by atoms with van der Waals surface area (Å²) in [5.74, 6) is 0.821. The molecule has 0 aromatic heterocycles. The summed E-state index contributed by atoms with van der Waals surface area (Å²) in [5.41, 5.74) is 0. The maximum Gasteiger partial charge on any atom is 0.0468 e. The molecule has 0 saturated carbocycles. The van der Waals surface area contributed by atoms with Crippen molar-refractivity contribution in [3.05, 3.63) is 6.92 Å². The predicted octanol–water partition coefficient (Wildman–Crippen LogP) is 4.61. The average Bonchev–Trinajstić information content (AvgIpc) is 2.26. The van der Waals surface area contributed by atoms with E-state index >= 15 is 0 Å². The van der Waals surface area contributed by atoms with E-state index in [4.69, 9.17) is 4.74 Å². The molecule has 0 aliphatic heterocycles. The van der Waals surface area contributed by atoms with Crippen LogP contribution < -0.4 is 0 Å². The Hall–Kier alpha value is -0.0400. The van der Waals surface area contributed by atoms with Crippen molar-refractivity contribution in [2.75, 3.05) is 13.2 Å². The van der Waals surface area contributed by atoms with Crippen LogP contribution in [0.4, 0.5) is 0 Å². The summed E-state index contributed by atoms with van der Waals surface area (Å²) in [6.07, 6.45) is 10.1. The van der Waals surface area contributed by atoms with Gasteiger partial charge < -0.3 is 4.74 Å². The number of ether oxygens (including phenoxy) is 1. The minimum absolute atomic E-state index is 0.821. The van der Waals surface area contributed by atoms with Crippen LogP contribution in [-0.4, -0.2) is 13.2 Å². The zero-order chi connectivity index (χ0) is 11.4. The smallest absolute Gasteiger partial charge is 0.0468 e. The predicted molar refractivity (Wildman–Crippen MR) is 68.0 cm³/mol. The van der Waals surface area contributed by atoms with Crippen LogP contribution in [0.25, 0.3) is 0 Å². The van der Waals surface area contributed by atoms with Gasteiger partial charge in [0.2, 0.25) is 0 Å². The lowest BCUT2D eigenvalue weighted by Crippen LogP contribution is -2.02. The molecule has 0 heterocycles. The number of hydrogen-bond acceptors (Lipinski definition) is 1. The molecule has 1 unspecified atom stereocenters. The Morgan fingerprint density at radius 1 is 1.00 bits per heavy atom. The fourth-order valence-corrected chi connectivity index (χ4v) is 1.50. The van der Waals surface area contributed by atoms with Crippen molar-refractivity contribution in [2.24, 2.45) is 5.92 Å². The van der Waals surface area contributed by atoms with Crippen LogP contribution in [0.3, 0.4) is 0 Å². The van der Waals surface area contributed by atoms with Gasteiger partial charge >= 0.3 is 0 Å². The summed E-state index contributed by atoms with van der Waals surface area (Å²) in [6, 6.07) is 0. The molecular weight excluding hydrogens is 184 g/mol. The van der Waals surface area contributed by atoms with Crippen LogP contribution in [0.15, 0.2) is 0 Å². The van der Waals surface area contributed by atoms with Gasteiger partial charge in [0.25, 0.3) is 0 Å². The van der Waals surface area contributed by atoms with Crippen molar-refractivity contribution >= 4 is 0 Å². The third-order valence-corrected chi connectivity index (χ3v) is 2.99. The van der Waals surface area contributed by atoms with Crippen LogP contribution in [0.2, 0.25) is 0 Å². The lowest BCUT2D eigenvalue weighted by Gasteiger charge is -2.08. The van der Waals surface area contributed by atoms with E-state index in [-0.39, 0.29) is 0 Å². The SMILES string of the molecule is [CH2]CCCCCCCOCCC(C)CC. The summed E-state index contributed by atoms with van der Waals surface area (Å²) in [5, 5.41) is 0. The molecule has 0 aromatic carbocycles. The zero-order valence-corrected chi connectivity index (χ0v) is 10.8. The van der Waals surface area contributed by atoms with Gasteiger partial charge in [-0.25, -0.2) is 0 Å². The van der Waals surface area contributed by atoms with Crippen LogP contribution in [0.1, 0.15) is 65.2 Å². The van der Waals surface area contributed by atoms with E-state index in [1.54, 1.807) is 0 Å². The first-order chi connectivity index (χ1) is 7.31. The van der Waals surface area contributed by atoms with Crippen LogP contribution in [0, 0.1) is 12.8 Å². The van der Waals surface area contributed by atoms with Crippen molar-refractivity contribution in [3.63, 3.8) is 0 Å². The molecule has 0 N–H and O–H groups in total. The highest BCUT2D eigenvalue weighted by Crippen LogP contribution is 2.07. The molecule has 0 aliphatic carbocycles. The number of unbranched alkanes of at least 4 members (excludes halogenated alkanes) is 5. The van der Waals surface area contributed by atoms with E-state index in [2.05, 4.69) is 20.8 Å². The van der Waals surface area contributed by atoms with Crippen molar-refractivity contribution in [3.8, 4) is 0 Å². The normalized spacial score (nSPS) is 13.0. The molecule has 1 nitrogen and oxygen atoms in total. The first-order valence-corrected chi connectivity index (χ1v) is 6.68. The van der Waals surface area contributed by atoms with E-state index in [1.807, 2.05) is 0 Å². The van der Waals surface area contributed by atoms with E-state index in [9.17, 15) is 0 Å².